The number of aliphatic hydroxyl groups is 1. The normalized spacial score (nSPS) is 47.8. The maximum absolute atomic E-state index is 9.47. The molecule has 2 rings (SSSR count). The van der Waals surface area contributed by atoms with Gasteiger partial charge in [0.25, 0.3) is 0 Å². The molecule has 0 aliphatic carbocycles. The summed E-state index contributed by atoms with van der Waals surface area (Å²) in [4.78, 5) is 0. The van der Waals surface area contributed by atoms with Crippen molar-refractivity contribution in [3.8, 4) is 0 Å². The molecule has 2 aliphatic heterocycles. The highest BCUT2D eigenvalue weighted by Crippen LogP contribution is 2.41. The van der Waals surface area contributed by atoms with Gasteiger partial charge in [0.2, 0.25) is 0 Å². The minimum Gasteiger partial charge on any atom is -0.391 e. The topological polar surface area (TPSA) is 47.9 Å². The fourth-order valence-electron chi connectivity index (χ4n) is 2.24. The van der Waals surface area contributed by atoms with Crippen LogP contribution in [0.1, 0.15) is 27.7 Å². The molecule has 14 heavy (non-hydrogen) atoms. The number of ether oxygens (including phenoxy) is 3. The Morgan fingerprint density at radius 3 is 2.43 bits per heavy atom. The molecule has 4 nitrogen and oxygen atoms in total. The number of fused-ring (bicyclic) bond motifs is 1. The standard InChI is InChI=1S/C10H18O4/c1-5-7(6(2)11)12-9-8(5)13-10(3,4)14-9/h5-9,11H,1-4H3. The fourth-order valence-corrected chi connectivity index (χ4v) is 2.24. The Labute approximate surface area is 84.1 Å². The average Bonchev–Trinajstić information content (AvgIpc) is 2.46. The van der Waals surface area contributed by atoms with Crippen LogP contribution < -0.4 is 0 Å². The van der Waals surface area contributed by atoms with E-state index in [2.05, 4.69) is 0 Å². The first-order chi connectivity index (χ1) is 6.41. The molecule has 0 bridgehead atoms. The maximum atomic E-state index is 9.47. The molecular weight excluding hydrogens is 184 g/mol. The van der Waals surface area contributed by atoms with Crippen molar-refractivity contribution in [1.29, 1.82) is 0 Å². The zero-order valence-corrected chi connectivity index (χ0v) is 9.06. The molecule has 2 saturated heterocycles. The molecule has 0 aromatic carbocycles. The van der Waals surface area contributed by atoms with Crippen LogP contribution in [0.2, 0.25) is 0 Å². The molecule has 0 radical (unpaired) electrons. The van der Waals surface area contributed by atoms with Gasteiger partial charge in [0.15, 0.2) is 12.1 Å². The molecule has 0 saturated carbocycles. The Morgan fingerprint density at radius 2 is 1.93 bits per heavy atom. The summed E-state index contributed by atoms with van der Waals surface area (Å²) in [6, 6.07) is 0. The quantitative estimate of drug-likeness (QED) is 0.685. The summed E-state index contributed by atoms with van der Waals surface area (Å²) in [7, 11) is 0. The lowest BCUT2D eigenvalue weighted by Gasteiger charge is -2.24. The van der Waals surface area contributed by atoms with Gasteiger partial charge in [-0.05, 0) is 20.8 Å². The molecule has 2 heterocycles. The highest BCUT2D eigenvalue weighted by molar-refractivity contribution is 4.92. The average molecular weight is 202 g/mol. The molecule has 0 spiro atoms. The molecule has 0 aromatic heterocycles. The van der Waals surface area contributed by atoms with Gasteiger partial charge in [0.05, 0.1) is 12.2 Å². The summed E-state index contributed by atoms with van der Waals surface area (Å²) in [6.45, 7) is 7.50. The lowest BCUT2D eigenvalue weighted by Crippen LogP contribution is -2.34. The lowest BCUT2D eigenvalue weighted by atomic mass is 9.98. The van der Waals surface area contributed by atoms with Crippen LogP contribution in [0.3, 0.4) is 0 Å². The Balaban J connectivity index is 2.08. The third kappa shape index (κ3) is 1.56. The van der Waals surface area contributed by atoms with Crippen LogP contribution in [-0.4, -0.2) is 35.5 Å². The minimum absolute atomic E-state index is 0.0513. The van der Waals surface area contributed by atoms with Crippen LogP contribution in [0.5, 0.6) is 0 Å². The summed E-state index contributed by atoms with van der Waals surface area (Å²) in [6.07, 6.45) is -1.03. The van der Waals surface area contributed by atoms with E-state index in [0.29, 0.717) is 0 Å². The lowest BCUT2D eigenvalue weighted by molar-refractivity contribution is -0.218. The highest BCUT2D eigenvalue weighted by Gasteiger charge is 2.53. The summed E-state index contributed by atoms with van der Waals surface area (Å²) < 4.78 is 16.9. The van der Waals surface area contributed by atoms with Crippen LogP contribution in [0, 0.1) is 5.92 Å². The number of hydrogen-bond acceptors (Lipinski definition) is 4. The summed E-state index contributed by atoms with van der Waals surface area (Å²) >= 11 is 0. The smallest absolute Gasteiger partial charge is 0.187 e. The molecule has 2 fully saturated rings. The van der Waals surface area contributed by atoms with Gasteiger partial charge in [0, 0.05) is 5.92 Å². The molecule has 5 atom stereocenters. The first kappa shape index (κ1) is 10.4. The van der Waals surface area contributed by atoms with E-state index < -0.39 is 11.9 Å². The van der Waals surface area contributed by atoms with Crippen molar-refractivity contribution in [2.24, 2.45) is 5.92 Å². The van der Waals surface area contributed by atoms with Crippen molar-refractivity contribution in [3.05, 3.63) is 0 Å². The molecule has 5 unspecified atom stereocenters. The van der Waals surface area contributed by atoms with E-state index in [-0.39, 0.29) is 24.4 Å². The first-order valence-corrected chi connectivity index (χ1v) is 5.10. The molecule has 0 amide bonds. The van der Waals surface area contributed by atoms with Crippen molar-refractivity contribution in [1.82, 2.24) is 0 Å². The maximum Gasteiger partial charge on any atom is 0.187 e. The second kappa shape index (κ2) is 3.17. The zero-order valence-electron chi connectivity index (χ0n) is 9.06. The van der Waals surface area contributed by atoms with Crippen LogP contribution >= 0.6 is 0 Å². The van der Waals surface area contributed by atoms with Gasteiger partial charge in [-0.25, -0.2) is 0 Å². The summed E-state index contributed by atoms with van der Waals surface area (Å²) in [5.74, 6) is -0.394. The Kier molecular flexibility index (Phi) is 2.34. The Morgan fingerprint density at radius 1 is 1.29 bits per heavy atom. The highest BCUT2D eigenvalue weighted by atomic mass is 16.8. The van der Waals surface area contributed by atoms with Gasteiger partial charge in [-0.3, -0.25) is 0 Å². The largest absolute Gasteiger partial charge is 0.391 e. The van der Waals surface area contributed by atoms with E-state index >= 15 is 0 Å². The first-order valence-electron chi connectivity index (χ1n) is 5.10. The van der Waals surface area contributed by atoms with Crippen molar-refractivity contribution < 1.29 is 19.3 Å². The van der Waals surface area contributed by atoms with Crippen molar-refractivity contribution in [3.63, 3.8) is 0 Å². The molecule has 2 aliphatic rings. The summed E-state index contributed by atoms with van der Waals surface area (Å²) in [5, 5.41) is 9.47. The van der Waals surface area contributed by atoms with E-state index in [1.54, 1.807) is 6.92 Å². The predicted octanol–water partition coefficient (Wildman–Crippen LogP) is 0.880. The second-order valence-corrected chi connectivity index (χ2v) is 4.67. The van der Waals surface area contributed by atoms with Crippen molar-refractivity contribution in [2.45, 2.75) is 58.1 Å². The van der Waals surface area contributed by atoms with Crippen LogP contribution in [-0.2, 0) is 14.2 Å². The van der Waals surface area contributed by atoms with E-state index in [1.807, 2.05) is 20.8 Å². The van der Waals surface area contributed by atoms with Crippen LogP contribution in [0.25, 0.3) is 0 Å². The van der Waals surface area contributed by atoms with E-state index in [4.69, 9.17) is 14.2 Å². The van der Waals surface area contributed by atoms with E-state index in [0.717, 1.165) is 0 Å². The molecule has 0 aromatic rings. The van der Waals surface area contributed by atoms with Gasteiger partial charge in [-0.15, -0.1) is 0 Å². The van der Waals surface area contributed by atoms with Crippen molar-refractivity contribution >= 4 is 0 Å². The monoisotopic (exact) mass is 202 g/mol. The van der Waals surface area contributed by atoms with Crippen LogP contribution in [0.15, 0.2) is 0 Å². The van der Waals surface area contributed by atoms with Crippen LogP contribution in [0.4, 0.5) is 0 Å². The van der Waals surface area contributed by atoms with E-state index in [1.165, 1.54) is 0 Å². The number of rotatable bonds is 1. The van der Waals surface area contributed by atoms with Gasteiger partial charge >= 0.3 is 0 Å². The third-order valence-corrected chi connectivity index (χ3v) is 2.89. The van der Waals surface area contributed by atoms with Gasteiger partial charge < -0.3 is 19.3 Å². The summed E-state index contributed by atoms with van der Waals surface area (Å²) in [5.41, 5.74) is 0. The second-order valence-electron chi connectivity index (χ2n) is 4.67. The van der Waals surface area contributed by atoms with Crippen molar-refractivity contribution in [2.75, 3.05) is 0 Å². The van der Waals surface area contributed by atoms with E-state index in [9.17, 15) is 5.11 Å². The minimum atomic E-state index is -0.562. The Bertz CT molecular complexity index is 224. The third-order valence-electron chi connectivity index (χ3n) is 2.89. The molecule has 1 N–H and O–H groups in total. The molecule has 4 heteroatoms. The fraction of sp³-hybridized carbons (Fsp3) is 1.00. The van der Waals surface area contributed by atoms with Gasteiger partial charge in [-0.1, -0.05) is 6.92 Å². The number of aliphatic hydroxyl groups excluding tert-OH is 1. The molecule has 82 valence electrons. The predicted molar refractivity (Wildman–Crippen MR) is 49.5 cm³/mol. The van der Waals surface area contributed by atoms with Gasteiger partial charge in [-0.2, -0.15) is 0 Å². The number of hydrogen-bond donors (Lipinski definition) is 1. The van der Waals surface area contributed by atoms with Gasteiger partial charge in [0.1, 0.15) is 6.10 Å². The Hall–Kier alpha value is -0.160. The SMILES string of the molecule is CC(O)C1OC2OC(C)(C)OC2C1C. The zero-order chi connectivity index (χ0) is 10.5. The molecular formula is C10H18O4.